The smallest absolute Gasteiger partial charge is 0.283 e. The molecule has 196 valence electrons. The van der Waals surface area contributed by atoms with Gasteiger partial charge in [0.2, 0.25) is 11.6 Å². The zero-order valence-corrected chi connectivity index (χ0v) is 19.9. The lowest BCUT2D eigenvalue weighted by Crippen LogP contribution is -2.67. The van der Waals surface area contributed by atoms with Crippen molar-refractivity contribution in [3.05, 3.63) is 64.5 Å². The van der Waals surface area contributed by atoms with Crippen molar-refractivity contribution in [1.82, 2.24) is 15.1 Å². The summed E-state index contributed by atoms with van der Waals surface area (Å²) in [5.74, 6) is -6.37. The Morgan fingerprint density at radius 1 is 1.03 bits per heavy atom. The van der Waals surface area contributed by atoms with Crippen molar-refractivity contribution in [2.45, 2.75) is 37.6 Å². The van der Waals surface area contributed by atoms with E-state index in [0.717, 1.165) is 0 Å². The average molecular weight is 515 g/mol. The number of anilines is 1. The highest BCUT2D eigenvalue weighted by atomic mass is 19.1. The van der Waals surface area contributed by atoms with E-state index in [9.17, 15) is 29.7 Å². The number of morpholine rings is 1. The Balaban J connectivity index is 1.40. The molecule has 5 N–H and O–H groups in total. The van der Waals surface area contributed by atoms with E-state index in [0.29, 0.717) is 44.0 Å². The number of hydrogen-bond acceptors (Lipinski definition) is 9. The van der Waals surface area contributed by atoms with E-state index < -0.39 is 41.6 Å². The molecule has 0 aliphatic carbocycles. The number of nitrogens with zero attached hydrogens (tertiary/aromatic N) is 2. The van der Waals surface area contributed by atoms with Crippen LogP contribution in [-0.4, -0.2) is 74.9 Å². The van der Waals surface area contributed by atoms with Gasteiger partial charge in [0.25, 0.3) is 17.7 Å². The van der Waals surface area contributed by atoms with Gasteiger partial charge in [-0.15, -0.1) is 0 Å². The maximum atomic E-state index is 15.3. The largest absolute Gasteiger partial charge is 0.380 e. The third-order valence-electron chi connectivity index (χ3n) is 6.96. The van der Waals surface area contributed by atoms with Gasteiger partial charge in [-0.1, -0.05) is 24.3 Å². The number of hydrogen-bond donors (Lipinski definition) is 5. The molecule has 2 aromatic carbocycles. The zero-order valence-electron chi connectivity index (χ0n) is 19.9. The molecule has 2 aromatic rings. The molecule has 1 atom stereocenters. The molecule has 0 bridgehead atoms. The molecule has 3 aliphatic heterocycles. The van der Waals surface area contributed by atoms with Gasteiger partial charge in [-0.25, -0.2) is 9.29 Å². The van der Waals surface area contributed by atoms with E-state index in [-0.39, 0.29) is 34.7 Å². The van der Waals surface area contributed by atoms with Crippen LogP contribution in [0.1, 0.15) is 39.9 Å². The fourth-order valence-electron chi connectivity index (χ4n) is 5.03. The van der Waals surface area contributed by atoms with Gasteiger partial charge in [0.1, 0.15) is 5.82 Å². The molecule has 11 nitrogen and oxygen atoms in total. The third-order valence-corrected chi connectivity index (χ3v) is 6.96. The normalized spacial score (nSPS) is 23.7. The molecular weight excluding hydrogens is 487 g/mol. The van der Waals surface area contributed by atoms with Crippen LogP contribution in [0.15, 0.2) is 36.4 Å². The standard InChI is InChI=1S/C25H27FN4O7/c26-21-15(3-1-4-16(21)14-29-9-11-37-12-10-29)13-27-18-6-2-5-17-20(18)25(35,36)30(22(17)32)24(34)8-7-19(31)28-23(24)33/h1-6,27,34-36H,7-14H2,(H,28,31,33). The van der Waals surface area contributed by atoms with Crippen LogP contribution in [0.5, 0.6) is 0 Å². The number of fused-ring (bicyclic) bond motifs is 1. The number of nitrogens with one attached hydrogen (secondary N) is 2. The number of piperidine rings is 1. The number of benzene rings is 2. The lowest BCUT2D eigenvalue weighted by atomic mass is 9.99. The summed E-state index contributed by atoms with van der Waals surface area (Å²) in [5.41, 5.74) is -2.16. The van der Waals surface area contributed by atoms with Gasteiger partial charge in [0, 0.05) is 55.8 Å². The second kappa shape index (κ2) is 9.47. The predicted molar refractivity (Wildman–Crippen MR) is 126 cm³/mol. The van der Waals surface area contributed by atoms with Gasteiger partial charge in [-0.2, -0.15) is 0 Å². The molecule has 0 radical (unpaired) electrons. The second-order valence-corrected chi connectivity index (χ2v) is 9.33. The summed E-state index contributed by atoms with van der Waals surface area (Å²) < 4.78 is 20.6. The Bertz CT molecular complexity index is 1260. The summed E-state index contributed by atoms with van der Waals surface area (Å²) in [6, 6.07) is 9.32. The monoisotopic (exact) mass is 514 g/mol. The molecule has 0 spiro atoms. The summed E-state index contributed by atoms with van der Waals surface area (Å²) in [7, 11) is 0. The van der Waals surface area contributed by atoms with Crippen LogP contribution in [0.4, 0.5) is 10.1 Å². The molecule has 3 heterocycles. The molecule has 0 aromatic heterocycles. The summed E-state index contributed by atoms with van der Waals surface area (Å²) in [6.45, 7) is 2.98. The van der Waals surface area contributed by atoms with Crippen molar-refractivity contribution in [1.29, 1.82) is 0 Å². The first kappa shape index (κ1) is 25.2. The maximum Gasteiger partial charge on any atom is 0.283 e. The van der Waals surface area contributed by atoms with Crippen LogP contribution in [0.3, 0.4) is 0 Å². The quantitative estimate of drug-likeness (QED) is 0.264. The number of halogens is 1. The number of aliphatic hydroxyl groups is 3. The first-order valence-corrected chi connectivity index (χ1v) is 11.9. The van der Waals surface area contributed by atoms with Gasteiger partial charge < -0.3 is 25.4 Å². The number of ether oxygens (including phenoxy) is 1. The van der Waals surface area contributed by atoms with Crippen molar-refractivity contribution in [2.75, 3.05) is 31.6 Å². The van der Waals surface area contributed by atoms with Crippen molar-refractivity contribution < 1.29 is 38.8 Å². The van der Waals surface area contributed by atoms with Gasteiger partial charge >= 0.3 is 0 Å². The van der Waals surface area contributed by atoms with Crippen LogP contribution in [-0.2, 0) is 33.3 Å². The fraction of sp³-hybridized carbons (Fsp3) is 0.400. The molecule has 2 fully saturated rings. The van der Waals surface area contributed by atoms with Crippen molar-refractivity contribution >= 4 is 23.4 Å². The Labute approximate surface area is 211 Å². The van der Waals surface area contributed by atoms with E-state index in [1.807, 2.05) is 5.32 Å². The molecule has 3 aliphatic rings. The van der Waals surface area contributed by atoms with Crippen molar-refractivity contribution in [3.8, 4) is 0 Å². The number of carbonyl (C=O) groups is 3. The summed E-state index contributed by atoms with van der Waals surface area (Å²) >= 11 is 0. The maximum absolute atomic E-state index is 15.3. The lowest BCUT2D eigenvalue weighted by Gasteiger charge is -2.42. The van der Waals surface area contributed by atoms with E-state index in [1.165, 1.54) is 18.2 Å². The van der Waals surface area contributed by atoms with E-state index >= 15 is 4.39 Å². The summed E-state index contributed by atoms with van der Waals surface area (Å²) in [5, 5.41) is 37.9. The first-order chi connectivity index (χ1) is 17.6. The highest BCUT2D eigenvalue weighted by Gasteiger charge is 2.61. The second-order valence-electron chi connectivity index (χ2n) is 9.33. The minimum Gasteiger partial charge on any atom is -0.380 e. The van der Waals surface area contributed by atoms with E-state index in [1.54, 1.807) is 18.2 Å². The Kier molecular flexibility index (Phi) is 6.46. The molecular formula is C25H27FN4O7. The van der Waals surface area contributed by atoms with Gasteiger partial charge in [0.15, 0.2) is 0 Å². The SMILES string of the molecule is O=C1CCC(O)(N2C(=O)c3cccc(NCc4cccc(CN5CCOCC5)c4F)c3C2(O)O)C(=O)N1. The number of amides is 3. The van der Waals surface area contributed by atoms with E-state index in [2.05, 4.69) is 10.2 Å². The van der Waals surface area contributed by atoms with Crippen molar-refractivity contribution in [2.24, 2.45) is 0 Å². The number of imide groups is 1. The summed E-state index contributed by atoms with van der Waals surface area (Å²) in [6.07, 6.45) is -0.812. The minimum absolute atomic E-state index is 0.0389. The van der Waals surface area contributed by atoms with E-state index in [4.69, 9.17) is 4.74 Å². The molecule has 2 saturated heterocycles. The van der Waals surface area contributed by atoms with Crippen LogP contribution >= 0.6 is 0 Å². The zero-order chi connectivity index (χ0) is 26.4. The van der Waals surface area contributed by atoms with Crippen LogP contribution < -0.4 is 10.6 Å². The topological polar surface area (TPSA) is 152 Å². The molecule has 12 heteroatoms. The number of rotatable bonds is 6. The van der Waals surface area contributed by atoms with Crippen LogP contribution in [0.2, 0.25) is 0 Å². The Morgan fingerprint density at radius 2 is 1.73 bits per heavy atom. The summed E-state index contributed by atoms with van der Waals surface area (Å²) in [4.78, 5) is 39.5. The van der Waals surface area contributed by atoms with Gasteiger partial charge in [-0.3, -0.25) is 24.6 Å². The van der Waals surface area contributed by atoms with Gasteiger partial charge in [0.05, 0.1) is 24.3 Å². The molecule has 1 unspecified atom stereocenters. The Hall–Kier alpha value is -3.42. The molecule has 3 amide bonds. The highest BCUT2D eigenvalue weighted by molar-refractivity contribution is 6.08. The molecule has 5 rings (SSSR count). The minimum atomic E-state index is -3.08. The van der Waals surface area contributed by atoms with Crippen molar-refractivity contribution in [3.63, 3.8) is 0 Å². The van der Waals surface area contributed by atoms with Gasteiger partial charge in [-0.05, 0) is 12.1 Å². The predicted octanol–water partition coefficient (Wildman–Crippen LogP) is -0.0541. The van der Waals surface area contributed by atoms with Crippen LogP contribution in [0.25, 0.3) is 0 Å². The Morgan fingerprint density at radius 3 is 2.46 bits per heavy atom. The molecule has 0 saturated carbocycles. The lowest BCUT2D eigenvalue weighted by molar-refractivity contribution is -0.302. The first-order valence-electron chi connectivity index (χ1n) is 11.9. The molecule has 37 heavy (non-hydrogen) atoms. The fourth-order valence-corrected chi connectivity index (χ4v) is 5.03. The average Bonchev–Trinajstić information content (AvgIpc) is 3.09. The third kappa shape index (κ3) is 4.36. The van der Waals surface area contributed by atoms with Crippen LogP contribution in [0, 0.1) is 5.82 Å². The number of carbonyl (C=O) groups excluding carboxylic acids is 3. The highest BCUT2D eigenvalue weighted by Crippen LogP contribution is 2.45.